The van der Waals surface area contributed by atoms with E-state index in [2.05, 4.69) is 4.74 Å². The normalized spacial score (nSPS) is 18.1. The minimum atomic E-state index is -9.15. The van der Waals surface area contributed by atoms with E-state index in [9.17, 15) is 87.6 Å². The van der Waals surface area contributed by atoms with Crippen LogP contribution in [0.4, 0.5) is 79.2 Å². The second kappa shape index (κ2) is 7.56. The highest BCUT2D eigenvalue weighted by molar-refractivity contribution is 7.93. The molecule has 0 radical (unpaired) electrons. The molecule has 0 aliphatic rings. The monoisotopic (exact) mass is 547 g/mol. The van der Waals surface area contributed by atoms with E-state index in [1.807, 2.05) is 0 Å². The van der Waals surface area contributed by atoms with E-state index >= 15 is 0 Å². The zero-order chi connectivity index (χ0) is 26.8. The molecule has 0 fully saturated rings. The van der Waals surface area contributed by atoms with Crippen molar-refractivity contribution in [1.29, 1.82) is 0 Å². The molecule has 0 saturated carbocycles. The van der Waals surface area contributed by atoms with Crippen molar-refractivity contribution in [3.05, 3.63) is 0 Å². The van der Waals surface area contributed by atoms with Crippen molar-refractivity contribution in [2.24, 2.45) is 0 Å². The Kier molecular flexibility index (Phi) is 7.23. The first-order chi connectivity index (χ1) is 13.5. The molecule has 0 heterocycles. The summed E-state index contributed by atoms with van der Waals surface area (Å²) in [5.74, 6) is -34.7. The third kappa shape index (κ3) is 3.44. The van der Waals surface area contributed by atoms with Gasteiger partial charge in [0.1, 0.15) is 0 Å². The van der Waals surface area contributed by atoms with Crippen molar-refractivity contribution in [1.82, 2.24) is 5.34 Å². The molecule has 0 saturated heterocycles. The van der Waals surface area contributed by atoms with E-state index in [-0.39, 0.29) is 0 Å². The van der Waals surface area contributed by atoms with Gasteiger partial charge >= 0.3 is 46.4 Å². The molecule has 0 aromatic rings. The molecule has 0 amide bonds. The average Bonchev–Trinajstić information content (AvgIpc) is 2.51. The molecule has 1 unspecified atom stereocenters. The number of ether oxygens (including phenoxy) is 1. The Balaban J connectivity index is 7.27. The third-order valence-electron chi connectivity index (χ3n) is 3.46. The Hall–Kier alpha value is -1.39. The Morgan fingerprint density at radius 1 is 0.562 bits per heavy atom. The zero-order valence-corrected chi connectivity index (χ0v) is 14.7. The minimum absolute atomic E-state index is 0.865. The molecule has 0 rings (SSSR count). The van der Waals surface area contributed by atoms with Crippen LogP contribution in [0.2, 0.25) is 0 Å². The fraction of sp³-hybridized carbons (Fsp3) is 1.00. The van der Waals surface area contributed by atoms with Crippen molar-refractivity contribution >= 4 is 9.84 Å². The number of hydrogen-bond acceptors (Lipinski definition) is 4. The van der Waals surface area contributed by atoms with Crippen molar-refractivity contribution in [3.8, 4) is 0 Å². The van der Waals surface area contributed by atoms with Gasteiger partial charge in [-0.25, -0.2) is 8.42 Å². The molecule has 4 nitrogen and oxygen atoms in total. The molecule has 1 atom stereocenters. The van der Waals surface area contributed by atoms with Crippen LogP contribution in [0, 0.1) is 0 Å². The standard InChI is InChI=1S/C9H3F18NO3S/c1-31-9(28(26)27,7(21,22)23)32(29,30)8(24,25)5(16,17)3(12,13)2(10,11)4(14,15)6(18,19)20/h1H3. The molecule has 0 aliphatic carbocycles. The predicted octanol–water partition coefficient (Wildman–Crippen LogP) is 5.03. The van der Waals surface area contributed by atoms with Gasteiger partial charge in [0.25, 0.3) is 9.84 Å². The maximum atomic E-state index is 13.6. The summed E-state index contributed by atoms with van der Waals surface area (Å²) in [6.07, 6.45) is -15.4. The van der Waals surface area contributed by atoms with Crippen molar-refractivity contribution in [3.63, 3.8) is 0 Å². The van der Waals surface area contributed by atoms with Crippen LogP contribution in [0.5, 0.6) is 0 Å². The largest absolute Gasteiger partial charge is 0.460 e. The molecule has 0 N–H and O–H groups in total. The molecule has 194 valence electrons. The summed E-state index contributed by atoms with van der Waals surface area (Å²) in [7, 11) is -10.0. The van der Waals surface area contributed by atoms with Crippen LogP contribution in [0.3, 0.4) is 0 Å². The van der Waals surface area contributed by atoms with Gasteiger partial charge in [-0.1, -0.05) is 8.96 Å². The summed E-state index contributed by atoms with van der Waals surface area (Å²) in [6, 6.07) is 0. The van der Waals surface area contributed by atoms with E-state index in [1.165, 1.54) is 0 Å². The lowest BCUT2D eigenvalue weighted by atomic mass is 9.98. The quantitative estimate of drug-likeness (QED) is 0.243. The van der Waals surface area contributed by atoms with Crippen LogP contribution in [-0.2, 0) is 14.6 Å². The highest BCUT2D eigenvalue weighted by Crippen LogP contribution is 2.62. The Labute approximate surface area is 162 Å². The highest BCUT2D eigenvalue weighted by Gasteiger charge is 2.95. The van der Waals surface area contributed by atoms with Crippen molar-refractivity contribution in [2.75, 3.05) is 7.11 Å². The maximum Gasteiger partial charge on any atom is 0.460 e. The summed E-state index contributed by atoms with van der Waals surface area (Å²) in [5, 5.41) is -19.5. The van der Waals surface area contributed by atoms with Gasteiger partial charge in [-0.2, -0.15) is 70.2 Å². The van der Waals surface area contributed by atoms with Crippen LogP contribution in [0.1, 0.15) is 0 Å². The topological polar surface area (TPSA) is 46.6 Å². The minimum Gasteiger partial charge on any atom is -0.339 e. The van der Waals surface area contributed by atoms with Crippen LogP contribution < -0.4 is 0 Å². The van der Waals surface area contributed by atoms with Crippen LogP contribution in [-0.4, -0.2) is 67.2 Å². The van der Waals surface area contributed by atoms with E-state index < -0.39 is 68.6 Å². The summed E-state index contributed by atoms with van der Waals surface area (Å²) in [6.45, 7) is 0. The molecular weight excluding hydrogens is 544 g/mol. The lowest BCUT2D eigenvalue weighted by Crippen LogP contribution is -2.74. The van der Waals surface area contributed by atoms with E-state index in [1.54, 1.807) is 0 Å². The Bertz CT molecular complexity index is 797. The molecule has 0 spiro atoms. The molecule has 0 aromatic carbocycles. The van der Waals surface area contributed by atoms with E-state index in [0.29, 0.717) is 0 Å². The fourth-order valence-electron chi connectivity index (χ4n) is 1.73. The first kappa shape index (κ1) is 30.6. The van der Waals surface area contributed by atoms with Gasteiger partial charge < -0.3 is 4.74 Å². The molecule has 32 heavy (non-hydrogen) atoms. The summed E-state index contributed by atoms with van der Waals surface area (Å²) in [5.41, 5.74) is 0. The second-order valence-corrected chi connectivity index (χ2v) is 7.41. The number of nitrogens with zero attached hydrogens (tertiary/aromatic N) is 1. The van der Waals surface area contributed by atoms with Crippen molar-refractivity contribution < 1.29 is 92.4 Å². The SMILES string of the molecule is COC(N(F)F)(C(F)(F)F)S(=O)(=O)C(F)(F)C(F)(F)C(F)(F)C(F)(F)C(F)(F)C(F)(F)F. The second-order valence-electron chi connectivity index (χ2n) is 5.33. The Morgan fingerprint density at radius 3 is 1.09 bits per heavy atom. The van der Waals surface area contributed by atoms with E-state index in [4.69, 9.17) is 0 Å². The van der Waals surface area contributed by atoms with Gasteiger partial charge in [-0.3, -0.25) is 0 Å². The van der Waals surface area contributed by atoms with Gasteiger partial charge in [0.2, 0.25) is 0 Å². The molecule has 23 heteroatoms. The molecule has 0 aromatic heterocycles. The summed E-state index contributed by atoms with van der Waals surface area (Å²) >= 11 is 0. The average molecular weight is 547 g/mol. The predicted molar refractivity (Wildman–Crippen MR) is 59.6 cm³/mol. The number of rotatable bonds is 8. The van der Waals surface area contributed by atoms with Crippen LogP contribution in [0.15, 0.2) is 0 Å². The van der Waals surface area contributed by atoms with Crippen LogP contribution >= 0.6 is 0 Å². The van der Waals surface area contributed by atoms with Crippen molar-refractivity contribution in [2.45, 2.75) is 46.4 Å². The summed E-state index contributed by atoms with van der Waals surface area (Å²) in [4.78, 5) is 0. The molecule has 0 bridgehead atoms. The van der Waals surface area contributed by atoms with Gasteiger partial charge in [0, 0.05) is 7.11 Å². The number of halogens is 18. The van der Waals surface area contributed by atoms with E-state index in [0.717, 1.165) is 0 Å². The molecular formula is C9H3F18NO3S. The zero-order valence-electron chi connectivity index (χ0n) is 13.9. The Morgan fingerprint density at radius 2 is 0.875 bits per heavy atom. The number of methoxy groups -OCH3 is 1. The molecule has 0 aliphatic heterocycles. The fourth-order valence-corrected chi connectivity index (χ4v) is 3.25. The number of hydrogen-bond donors (Lipinski definition) is 0. The van der Waals surface area contributed by atoms with Crippen LogP contribution in [0.25, 0.3) is 0 Å². The van der Waals surface area contributed by atoms with Gasteiger partial charge in [0.15, 0.2) is 0 Å². The lowest BCUT2D eigenvalue weighted by molar-refractivity contribution is -0.434. The van der Waals surface area contributed by atoms with Gasteiger partial charge in [-0.15, -0.1) is 0 Å². The van der Waals surface area contributed by atoms with Gasteiger partial charge in [-0.05, 0) is 0 Å². The first-order valence-electron chi connectivity index (χ1n) is 6.44. The third-order valence-corrected chi connectivity index (χ3v) is 5.66. The maximum absolute atomic E-state index is 13.6. The first-order valence-corrected chi connectivity index (χ1v) is 7.92. The number of alkyl halides is 16. The highest BCUT2D eigenvalue weighted by atomic mass is 32.2. The lowest BCUT2D eigenvalue weighted by Gasteiger charge is -2.41. The summed E-state index contributed by atoms with van der Waals surface area (Å²) < 4.78 is 256. The smallest absolute Gasteiger partial charge is 0.339 e. The number of sulfone groups is 1. The van der Waals surface area contributed by atoms with Gasteiger partial charge in [0.05, 0.1) is 5.34 Å².